The van der Waals surface area contributed by atoms with Crippen LogP contribution in [0, 0.1) is 35.5 Å². The monoisotopic (exact) mass is 430 g/mol. The quantitative estimate of drug-likeness (QED) is 0.244. The van der Waals surface area contributed by atoms with E-state index in [2.05, 4.69) is 13.8 Å². The molecule has 0 bridgehead atoms. The minimum atomic E-state index is -0.258. The summed E-state index contributed by atoms with van der Waals surface area (Å²) in [6, 6.07) is 0. The maximum absolute atomic E-state index is 13.8. The molecule has 178 valence electrons. The average Bonchev–Trinajstić information content (AvgIpc) is 2.80. The number of carbonyl (C=O) groups excluding carboxylic acids is 2. The minimum absolute atomic E-state index is 0.193. The second kappa shape index (κ2) is 13.1. The second-order valence-electron chi connectivity index (χ2n) is 11.4. The van der Waals surface area contributed by atoms with Crippen LogP contribution < -0.4 is 0 Å². The van der Waals surface area contributed by atoms with E-state index >= 15 is 0 Å². The molecule has 31 heavy (non-hydrogen) atoms. The van der Waals surface area contributed by atoms with Gasteiger partial charge >= 0.3 is 0 Å². The summed E-state index contributed by atoms with van der Waals surface area (Å²) in [5, 5.41) is 0. The maximum Gasteiger partial charge on any atom is 0.146 e. The summed E-state index contributed by atoms with van der Waals surface area (Å²) in [5.74, 6) is 3.14. The van der Waals surface area contributed by atoms with E-state index in [0.717, 1.165) is 25.2 Å². The molecule has 0 heterocycles. The van der Waals surface area contributed by atoms with Gasteiger partial charge in [-0.2, -0.15) is 0 Å². The topological polar surface area (TPSA) is 34.1 Å². The van der Waals surface area contributed by atoms with Gasteiger partial charge in [-0.3, -0.25) is 9.59 Å². The summed E-state index contributed by atoms with van der Waals surface area (Å²) < 4.78 is 0. The third-order valence-electron chi connectivity index (χ3n) is 9.26. The number of carbonyl (C=O) groups is 2. The molecule has 2 heteroatoms. The Balaban J connectivity index is 1.57. The van der Waals surface area contributed by atoms with Crippen LogP contribution in [0.3, 0.4) is 0 Å². The van der Waals surface area contributed by atoms with Gasteiger partial charge in [0, 0.05) is 12.3 Å². The number of rotatable bonds is 11. The summed E-state index contributed by atoms with van der Waals surface area (Å²) in [6.07, 6.45) is 23.5. The molecule has 3 unspecified atom stereocenters. The zero-order valence-corrected chi connectivity index (χ0v) is 20.7. The Kier molecular flexibility index (Phi) is 10.6. The van der Waals surface area contributed by atoms with Crippen molar-refractivity contribution in [1.29, 1.82) is 0 Å². The highest BCUT2D eigenvalue weighted by Gasteiger charge is 2.43. The summed E-state index contributed by atoms with van der Waals surface area (Å²) >= 11 is 0. The molecule has 3 atom stereocenters. The summed E-state index contributed by atoms with van der Waals surface area (Å²) in [4.78, 5) is 26.7. The SMILES string of the molecule is CCCCCCCC1CCC(C(C(=O)C2CCC(CC)CC2=O)C2CCCCC2)CC1. The van der Waals surface area contributed by atoms with Crippen LogP contribution in [0.5, 0.6) is 0 Å². The van der Waals surface area contributed by atoms with Crippen LogP contribution in [0.25, 0.3) is 0 Å². The molecule has 3 fully saturated rings. The van der Waals surface area contributed by atoms with Gasteiger partial charge in [0.05, 0.1) is 5.92 Å². The highest BCUT2D eigenvalue weighted by atomic mass is 16.2. The highest BCUT2D eigenvalue weighted by molar-refractivity contribution is 6.04. The van der Waals surface area contributed by atoms with Crippen LogP contribution in [-0.2, 0) is 9.59 Å². The standard InChI is InChI=1S/C29H50O2/c1-3-5-6-7-9-12-23-15-18-25(19-16-23)28(24-13-10-8-11-14-24)29(31)26-20-17-22(4-2)21-27(26)30/h22-26,28H,3-21H2,1-2H3. The van der Waals surface area contributed by atoms with E-state index in [1.165, 1.54) is 96.3 Å². The van der Waals surface area contributed by atoms with E-state index in [1.807, 2.05) is 0 Å². The van der Waals surface area contributed by atoms with E-state index in [-0.39, 0.29) is 17.6 Å². The molecular weight excluding hydrogens is 380 g/mol. The van der Waals surface area contributed by atoms with E-state index in [0.29, 0.717) is 30.0 Å². The third-order valence-corrected chi connectivity index (χ3v) is 9.26. The zero-order chi connectivity index (χ0) is 22.1. The lowest BCUT2D eigenvalue weighted by atomic mass is 9.63. The maximum atomic E-state index is 13.8. The van der Waals surface area contributed by atoms with Gasteiger partial charge in [-0.15, -0.1) is 0 Å². The lowest BCUT2D eigenvalue weighted by molar-refractivity contribution is -0.141. The molecule has 0 spiro atoms. The van der Waals surface area contributed by atoms with Gasteiger partial charge in [0.15, 0.2) is 0 Å². The molecule has 3 aliphatic carbocycles. The molecule has 0 saturated heterocycles. The van der Waals surface area contributed by atoms with Crippen LogP contribution in [-0.4, -0.2) is 11.6 Å². The number of ketones is 2. The van der Waals surface area contributed by atoms with Gasteiger partial charge in [-0.25, -0.2) is 0 Å². The molecule has 0 aromatic heterocycles. The lowest BCUT2D eigenvalue weighted by Gasteiger charge is -2.40. The predicted molar refractivity (Wildman–Crippen MR) is 130 cm³/mol. The van der Waals surface area contributed by atoms with Crippen molar-refractivity contribution >= 4 is 11.6 Å². The molecule has 0 aliphatic heterocycles. The number of Topliss-reactive ketones (excluding diaryl/α,β-unsaturated/α-hetero) is 2. The van der Waals surface area contributed by atoms with Gasteiger partial charge in [0.1, 0.15) is 11.6 Å². The number of hydrogen-bond donors (Lipinski definition) is 0. The molecule has 0 aromatic carbocycles. The first-order valence-electron chi connectivity index (χ1n) is 14.2. The Morgan fingerprint density at radius 1 is 0.774 bits per heavy atom. The van der Waals surface area contributed by atoms with E-state index < -0.39 is 0 Å². The van der Waals surface area contributed by atoms with E-state index in [1.54, 1.807) is 0 Å². The molecule has 0 amide bonds. The summed E-state index contributed by atoms with van der Waals surface area (Å²) in [7, 11) is 0. The third kappa shape index (κ3) is 7.16. The van der Waals surface area contributed by atoms with Crippen molar-refractivity contribution in [2.24, 2.45) is 35.5 Å². The fourth-order valence-electron chi connectivity index (χ4n) is 7.19. The van der Waals surface area contributed by atoms with Gasteiger partial charge in [-0.05, 0) is 62.2 Å². The van der Waals surface area contributed by atoms with E-state index in [4.69, 9.17) is 0 Å². The molecule has 0 radical (unpaired) electrons. The molecule has 2 nitrogen and oxygen atoms in total. The summed E-state index contributed by atoms with van der Waals surface area (Å²) in [6.45, 7) is 4.47. The first-order valence-corrected chi connectivity index (χ1v) is 14.2. The smallest absolute Gasteiger partial charge is 0.146 e. The Hall–Kier alpha value is -0.660. The molecule has 3 aliphatic rings. The Bertz CT molecular complexity index is 539. The average molecular weight is 431 g/mol. The van der Waals surface area contributed by atoms with Crippen molar-refractivity contribution in [2.75, 3.05) is 0 Å². The number of hydrogen-bond acceptors (Lipinski definition) is 2. The van der Waals surface area contributed by atoms with Crippen LogP contribution in [0.2, 0.25) is 0 Å². The Labute approximate surface area is 192 Å². The van der Waals surface area contributed by atoms with Crippen LogP contribution in [0.15, 0.2) is 0 Å². The van der Waals surface area contributed by atoms with Gasteiger partial charge < -0.3 is 0 Å². The van der Waals surface area contributed by atoms with Crippen LogP contribution >= 0.6 is 0 Å². The van der Waals surface area contributed by atoms with Crippen LogP contribution in [0.1, 0.15) is 136 Å². The summed E-state index contributed by atoms with van der Waals surface area (Å²) in [5.41, 5.74) is 0. The minimum Gasteiger partial charge on any atom is -0.299 e. The van der Waals surface area contributed by atoms with Crippen molar-refractivity contribution in [3.05, 3.63) is 0 Å². The Morgan fingerprint density at radius 2 is 1.42 bits per heavy atom. The van der Waals surface area contributed by atoms with Crippen molar-refractivity contribution in [2.45, 2.75) is 136 Å². The second-order valence-corrected chi connectivity index (χ2v) is 11.4. The zero-order valence-electron chi connectivity index (χ0n) is 20.7. The van der Waals surface area contributed by atoms with Crippen molar-refractivity contribution in [1.82, 2.24) is 0 Å². The number of unbranched alkanes of at least 4 members (excludes halogenated alkanes) is 4. The molecular formula is C29H50O2. The normalized spacial score (nSPS) is 31.5. The van der Waals surface area contributed by atoms with Crippen molar-refractivity contribution in [3.63, 3.8) is 0 Å². The van der Waals surface area contributed by atoms with E-state index in [9.17, 15) is 9.59 Å². The van der Waals surface area contributed by atoms with Crippen molar-refractivity contribution < 1.29 is 9.59 Å². The first-order chi connectivity index (χ1) is 15.1. The molecule has 3 saturated carbocycles. The Morgan fingerprint density at radius 3 is 2.06 bits per heavy atom. The van der Waals surface area contributed by atoms with Crippen LogP contribution in [0.4, 0.5) is 0 Å². The van der Waals surface area contributed by atoms with Crippen molar-refractivity contribution in [3.8, 4) is 0 Å². The fraction of sp³-hybridized carbons (Fsp3) is 0.931. The molecule has 0 aromatic rings. The van der Waals surface area contributed by atoms with Gasteiger partial charge in [0.25, 0.3) is 0 Å². The van der Waals surface area contributed by atoms with Gasteiger partial charge in [0.2, 0.25) is 0 Å². The first kappa shape index (κ1) is 25.0. The van der Waals surface area contributed by atoms with Gasteiger partial charge in [-0.1, -0.05) is 90.9 Å². The highest BCUT2D eigenvalue weighted by Crippen LogP contribution is 2.45. The molecule has 0 N–H and O–H groups in total. The predicted octanol–water partition coefficient (Wildman–Crippen LogP) is 8.31. The largest absolute Gasteiger partial charge is 0.299 e. The molecule has 3 rings (SSSR count). The lowest BCUT2D eigenvalue weighted by Crippen LogP contribution is -2.42. The fourth-order valence-corrected chi connectivity index (χ4v) is 7.19.